The predicted octanol–water partition coefficient (Wildman–Crippen LogP) is -1.30. The third-order valence-corrected chi connectivity index (χ3v) is 3.33. The molecule has 6 heteroatoms. The van der Waals surface area contributed by atoms with Crippen LogP contribution >= 0.6 is 0 Å². The van der Waals surface area contributed by atoms with Crippen LogP contribution in [0.2, 0.25) is 0 Å². The van der Waals surface area contributed by atoms with Gasteiger partial charge in [0.15, 0.2) is 0 Å². The number of rotatable bonds is 4. The lowest BCUT2D eigenvalue weighted by molar-refractivity contribution is 0.229. The van der Waals surface area contributed by atoms with Gasteiger partial charge in [-0.2, -0.15) is 0 Å². The van der Waals surface area contributed by atoms with Crippen LogP contribution in [-0.4, -0.2) is 26.4 Å². The maximum absolute atomic E-state index is 11.8. The smallest absolute Gasteiger partial charge is 0.330 e. The Balaban J connectivity index is 2.22. The SMILES string of the molecule is Cn1cc(CNC2(CO)CC2)c(=O)n(C)c1=O. The van der Waals surface area contributed by atoms with Crippen LogP contribution in [0.4, 0.5) is 0 Å². The number of nitrogens with one attached hydrogen (secondary N) is 1. The van der Waals surface area contributed by atoms with Crippen LogP contribution in [0.3, 0.4) is 0 Å². The van der Waals surface area contributed by atoms with Gasteiger partial charge in [0.2, 0.25) is 0 Å². The normalized spacial score (nSPS) is 17.1. The highest BCUT2D eigenvalue weighted by Crippen LogP contribution is 2.34. The first-order valence-electron chi connectivity index (χ1n) is 5.60. The zero-order chi connectivity index (χ0) is 12.6. The van der Waals surface area contributed by atoms with Crippen LogP contribution in [0.5, 0.6) is 0 Å². The van der Waals surface area contributed by atoms with Gasteiger partial charge in [-0.05, 0) is 12.8 Å². The van der Waals surface area contributed by atoms with E-state index in [0.717, 1.165) is 17.4 Å². The molecule has 0 saturated heterocycles. The molecular weight excluding hydrogens is 222 g/mol. The average molecular weight is 239 g/mol. The lowest BCUT2D eigenvalue weighted by Gasteiger charge is -2.14. The maximum atomic E-state index is 11.8. The molecule has 94 valence electrons. The van der Waals surface area contributed by atoms with Gasteiger partial charge in [-0.25, -0.2) is 4.79 Å². The summed E-state index contributed by atoms with van der Waals surface area (Å²) in [5.41, 5.74) is -0.287. The zero-order valence-corrected chi connectivity index (χ0v) is 10.1. The Hall–Kier alpha value is -1.40. The summed E-state index contributed by atoms with van der Waals surface area (Å²) >= 11 is 0. The van der Waals surface area contributed by atoms with Crippen molar-refractivity contribution in [2.24, 2.45) is 14.1 Å². The fourth-order valence-electron chi connectivity index (χ4n) is 1.83. The number of hydrogen-bond donors (Lipinski definition) is 2. The van der Waals surface area contributed by atoms with Crippen LogP contribution in [0, 0.1) is 0 Å². The zero-order valence-electron chi connectivity index (χ0n) is 10.1. The van der Waals surface area contributed by atoms with Gasteiger partial charge in [0, 0.05) is 37.9 Å². The highest BCUT2D eigenvalue weighted by atomic mass is 16.3. The molecule has 1 aromatic rings. The van der Waals surface area contributed by atoms with E-state index in [1.54, 1.807) is 13.2 Å². The van der Waals surface area contributed by atoms with Gasteiger partial charge in [-0.1, -0.05) is 0 Å². The van der Waals surface area contributed by atoms with Crippen molar-refractivity contribution in [3.05, 3.63) is 32.6 Å². The molecule has 1 aliphatic carbocycles. The van der Waals surface area contributed by atoms with E-state index in [2.05, 4.69) is 5.32 Å². The number of aromatic nitrogens is 2. The summed E-state index contributed by atoms with van der Waals surface area (Å²) in [5.74, 6) is 0. The molecule has 1 saturated carbocycles. The summed E-state index contributed by atoms with van der Waals surface area (Å²) in [4.78, 5) is 23.3. The Labute approximate surface area is 98.5 Å². The first-order valence-corrected chi connectivity index (χ1v) is 5.60. The van der Waals surface area contributed by atoms with Crippen molar-refractivity contribution in [2.45, 2.75) is 24.9 Å². The number of nitrogens with zero attached hydrogens (tertiary/aromatic N) is 2. The molecule has 1 aromatic heterocycles. The van der Waals surface area contributed by atoms with Crippen LogP contribution < -0.4 is 16.6 Å². The third-order valence-electron chi connectivity index (χ3n) is 3.33. The van der Waals surface area contributed by atoms with E-state index < -0.39 is 0 Å². The number of hydrogen-bond acceptors (Lipinski definition) is 4. The summed E-state index contributed by atoms with van der Waals surface area (Å²) in [6.45, 7) is 0.459. The second-order valence-electron chi connectivity index (χ2n) is 4.70. The minimum Gasteiger partial charge on any atom is -0.394 e. The third kappa shape index (κ3) is 2.18. The Morgan fingerprint density at radius 1 is 1.41 bits per heavy atom. The van der Waals surface area contributed by atoms with Gasteiger partial charge in [-0.15, -0.1) is 0 Å². The molecule has 0 unspecified atom stereocenters. The molecule has 1 fully saturated rings. The van der Waals surface area contributed by atoms with E-state index in [0.29, 0.717) is 12.1 Å². The van der Waals surface area contributed by atoms with Crippen molar-refractivity contribution >= 4 is 0 Å². The Morgan fingerprint density at radius 3 is 2.59 bits per heavy atom. The van der Waals surface area contributed by atoms with Crippen molar-refractivity contribution in [1.82, 2.24) is 14.5 Å². The first-order chi connectivity index (χ1) is 7.99. The van der Waals surface area contributed by atoms with Gasteiger partial charge in [0.1, 0.15) is 0 Å². The molecule has 17 heavy (non-hydrogen) atoms. The summed E-state index contributed by atoms with van der Waals surface area (Å²) < 4.78 is 2.48. The van der Waals surface area contributed by atoms with Crippen LogP contribution in [0.1, 0.15) is 18.4 Å². The minimum absolute atomic E-state index is 0.0824. The second-order valence-corrected chi connectivity index (χ2v) is 4.70. The van der Waals surface area contributed by atoms with Crippen molar-refractivity contribution in [2.75, 3.05) is 6.61 Å². The van der Waals surface area contributed by atoms with Crippen molar-refractivity contribution in [1.29, 1.82) is 0 Å². The molecule has 0 aromatic carbocycles. The first kappa shape index (κ1) is 12.1. The largest absolute Gasteiger partial charge is 0.394 e. The Kier molecular flexibility index (Phi) is 2.92. The Morgan fingerprint density at radius 2 is 2.06 bits per heavy atom. The molecule has 0 spiro atoms. The molecule has 0 atom stereocenters. The van der Waals surface area contributed by atoms with Gasteiger partial charge >= 0.3 is 5.69 Å². The van der Waals surface area contributed by atoms with E-state index >= 15 is 0 Å². The van der Waals surface area contributed by atoms with Crippen molar-refractivity contribution in [3.63, 3.8) is 0 Å². The van der Waals surface area contributed by atoms with E-state index in [4.69, 9.17) is 5.11 Å². The molecule has 0 bridgehead atoms. The molecule has 0 radical (unpaired) electrons. The van der Waals surface area contributed by atoms with E-state index in [1.807, 2.05) is 0 Å². The lowest BCUT2D eigenvalue weighted by Crippen LogP contribution is -2.41. The molecule has 0 amide bonds. The Bertz CT molecular complexity index is 540. The molecule has 1 aliphatic rings. The lowest BCUT2D eigenvalue weighted by atomic mass is 10.2. The standard InChI is InChI=1S/C11H17N3O3/c1-13-6-8(9(16)14(2)10(13)17)5-12-11(7-15)3-4-11/h6,12,15H,3-5,7H2,1-2H3. The van der Waals surface area contributed by atoms with Gasteiger partial charge < -0.3 is 15.0 Å². The quantitative estimate of drug-likeness (QED) is 0.684. The van der Waals surface area contributed by atoms with E-state index in [1.165, 1.54) is 11.6 Å². The number of aliphatic hydroxyl groups excluding tert-OH is 1. The second kappa shape index (κ2) is 4.12. The van der Waals surface area contributed by atoms with Crippen LogP contribution in [-0.2, 0) is 20.6 Å². The summed E-state index contributed by atoms with van der Waals surface area (Å²) in [6.07, 6.45) is 3.40. The minimum atomic E-state index is -0.331. The van der Waals surface area contributed by atoms with Crippen molar-refractivity contribution in [3.8, 4) is 0 Å². The van der Waals surface area contributed by atoms with Crippen LogP contribution in [0.25, 0.3) is 0 Å². The van der Waals surface area contributed by atoms with Crippen molar-refractivity contribution < 1.29 is 5.11 Å². The fraction of sp³-hybridized carbons (Fsp3) is 0.636. The van der Waals surface area contributed by atoms with Gasteiger partial charge in [0.05, 0.1) is 6.61 Å². The fourth-order valence-corrected chi connectivity index (χ4v) is 1.83. The molecule has 2 N–H and O–H groups in total. The monoisotopic (exact) mass is 239 g/mol. The predicted molar refractivity (Wildman–Crippen MR) is 62.8 cm³/mol. The highest BCUT2D eigenvalue weighted by Gasteiger charge is 2.41. The molecular formula is C11H17N3O3. The van der Waals surface area contributed by atoms with Gasteiger partial charge in [0.25, 0.3) is 5.56 Å². The van der Waals surface area contributed by atoms with E-state index in [9.17, 15) is 9.59 Å². The molecule has 2 rings (SSSR count). The summed E-state index contributed by atoms with van der Waals surface area (Å²) in [6, 6.07) is 0. The topological polar surface area (TPSA) is 76.3 Å². The molecule has 0 aliphatic heterocycles. The van der Waals surface area contributed by atoms with Crippen LogP contribution in [0.15, 0.2) is 15.8 Å². The van der Waals surface area contributed by atoms with Gasteiger partial charge in [-0.3, -0.25) is 9.36 Å². The van der Waals surface area contributed by atoms with E-state index in [-0.39, 0.29) is 23.4 Å². The molecule has 1 heterocycles. The summed E-state index contributed by atoms with van der Waals surface area (Å²) in [7, 11) is 3.08. The highest BCUT2D eigenvalue weighted by molar-refractivity contribution is 5.09. The number of aliphatic hydroxyl groups is 1. The average Bonchev–Trinajstić information content (AvgIpc) is 3.10. The number of aryl methyl sites for hydroxylation is 1. The molecule has 6 nitrogen and oxygen atoms in total. The maximum Gasteiger partial charge on any atom is 0.330 e. The summed E-state index contributed by atoms with van der Waals surface area (Å²) in [5, 5.41) is 12.3.